The number of morpholine rings is 1. The maximum atomic E-state index is 12.7. The van der Waals surface area contributed by atoms with Crippen LogP contribution in [0.2, 0.25) is 0 Å². The van der Waals surface area contributed by atoms with Crippen molar-refractivity contribution < 1.29 is 22.8 Å². The molecule has 138 valence electrons. The summed E-state index contributed by atoms with van der Waals surface area (Å²) in [6.45, 7) is 2.60. The summed E-state index contributed by atoms with van der Waals surface area (Å²) in [4.78, 5) is 16.8. The Morgan fingerprint density at radius 3 is 2.58 bits per heavy atom. The van der Waals surface area contributed by atoms with Crippen molar-refractivity contribution in [3.8, 4) is 0 Å². The minimum absolute atomic E-state index is 0.0689. The third-order valence-electron chi connectivity index (χ3n) is 4.27. The van der Waals surface area contributed by atoms with Gasteiger partial charge in [0, 0.05) is 18.3 Å². The van der Waals surface area contributed by atoms with Crippen molar-refractivity contribution >= 4 is 11.5 Å². The molecule has 0 spiro atoms. The van der Waals surface area contributed by atoms with Gasteiger partial charge in [-0.15, -0.1) is 0 Å². The third kappa shape index (κ3) is 3.62. The largest absolute Gasteiger partial charge is 0.416 e. The summed E-state index contributed by atoms with van der Waals surface area (Å²) in [5.74, 6) is 0.246. The molecule has 1 aromatic heterocycles. The van der Waals surface area contributed by atoms with Crippen LogP contribution in [0.5, 0.6) is 0 Å². The second-order valence-corrected chi connectivity index (χ2v) is 5.98. The number of nitrogens with zero attached hydrogens (tertiary/aromatic N) is 3. The molecule has 1 aliphatic heterocycles. The van der Waals surface area contributed by atoms with Crippen LogP contribution < -0.4 is 4.90 Å². The normalized spacial score (nSPS) is 18.0. The number of hydrogen-bond donors (Lipinski definition) is 0. The Bertz CT molecular complexity index is 809. The van der Waals surface area contributed by atoms with Gasteiger partial charge in [-0.25, -0.2) is 4.98 Å². The molecule has 1 aromatic carbocycles. The van der Waals surface area contributed by atoms with E-state index < -0.39 is 22.8 Å². The van der Waals surface area contributed by atoms with Gasteiger partial charge in [0.05, 0.1) is 23.6 Å². The molecule has 0 N–H and O–H groups in total. The number of aryl methyl sites for hydroxylation is 1. The Kier molecular flexibility index (Phi) is 4.82. The van der Waals surface area contributed by atoms with E-state index in [-0.39, 0.29) is 18.1 Å². The summed E-state index contributed by atoms with van der Waals surface area (Å²) in [7, 11) is 0. The molecule has 9 heteroatoms. The van der Waals surface area contributed by atoms with Crippen LogP contribution in [0.15, 0.2) is 36.5 Å². The number of pyridine rings is 1. The maximum absolute atomic E-state index is 12.7. The van der Waals surface area contributed by atoms with E-state index in [1.165, 1.54) is 18.3 Å². The van der Waals surface area contributed by atoms with Crippen LogP contribution in [-0.2, 0) is 10.9 Å². The predicted octanol–water partition coefficient (Wildman–Crippen LogP) is 3.89. The van der Waals surface area contributed by atoms with Crippen LogP contribution in [0.25, 0.3) is 0 Å². The van der Waals surface area contributed by atoms with Gasteiger partial charge in [-0.05, 0) is 30.7 Å². The average molecular weight is 367 g/mol. The van der Waals surface area contributed by atoms with Gasteiger partial charge < -0.3 is 9.64 Å². The summed E-state index contributed by atoms with van der Waals surface area (Å²) >= 11 is 0. The Morgan fingerprint density at radius 1 is 1.27 bits per heavy atom. The molecule has 26 heavy (non-hydrogen) atoms. The molecule has 0 aliphatic carbocycles. The lowest BCUT2D eigenvalue weighted by atomic mass is 10.0. The Hall–Kier alpha value is -2.68. The average Bonchev–Trinajstić information content (AvgIpc) is 2.60. The van der Waals surface area contributed by atoms with Crippen molar-refractivity contribution in [1.29, 1.82) is 0 Å². The van der Waals surface area contributed by atoms with Gasteiger partial charge in [0.15, 0.2) is 0 Å². The van der Waals surface area contributed by atoms with Crippen molar-refractivity contribution in [2.75, 3.05) is 24.6 Å². The molecular weight excluding hydrogens is 351 g/mol. The van der Waals surface area contributed by atoms with E-state index in [4.69, 9.17) is 4.74 Å². The zero-order chi connectivity index (χ0) is 18.9. The number of nitro groups is 1. The number of ether oxygens (including phenoxy) is 1. The first-order valence-electron chi connectivity index (χ1n) is 7.91. The minimum Gasteiger partial charge on any atom is -0.370 e. The first-order chi connectivity index (χ1) is 12.3. The van der Waals surface area contributed by atoms with Crippen LogP contribution in [0.1, 0.15) is 22.8 Å². The quantitative estimate of drug-likeness (QED) is 0.608. The number of benzene rings is 1. The SMILES string of the molecule is Cc1ccnc(N2CCOC(c3ccc(C(F)(F)F)cc3)C2)c1[N+](=O)[O-]. The van der Waals surface area contributed by atoms with Gasteiger partial charge >= 0.3 is 11.9 Å². The van der Waals surface area contributed by atoms with E-state index >= 15 is 0 Å². The maximum Gasteiger partial charge on any atom is 0.416 e. The Morgan fingerprint density at radius 2 is 1.96 bits per heavy atom. The van der Waals surface area contributed by atoms with E-state index in [2.05, 4.69) is 4.98 Å². The summed E-state index contributed by atoms with van der Waals surface area (Å²) in [5, 5.41) is 11.4. The highest BCUT2D eigenvalue weighted by Gasteiger charge is 2.32. The van der Waals surface area contributed by atoms with E-state index in [0.717, 1.165) is 12.1 Å². The zero-order valence-corrected chi connectivity index (χ0v) is 13.9. The fourth-order valence-electron chi connectivity index (χ4n) is 2.92. The van der Waals surface area contributed by atoms with Crippen LogP contribution in [0.4, 0.5) is 24.7 Å². The summed E-state index contributed by atoms with van der Waals surface area (Å²) < 4.78 is 43.7. The third-order valence-corrected chi connectivity index (χ3v) is 4.27. The number of aromatic nitrogens is 1. The number of alkyl halides is 3. The number of halogens is 3. The number of anilines is 1. The second-order valence-electron chi connectivity index (χ2n) is 5.98. The predicted molar refractivity (Wildman–Crippen MR) is 88.0 cm³/mol. The first-order valence-corrected chi connectivity index (χ1v) is 7.91. The molecule has 3 rings (SSSR count). The van der Waals surface area contributed by atoms with Crippen LogP contribution in [0.3, 0.4) is 0 Å². The number of rotatable bonds is 3. The molecule has 1 unspecified atom stereocenters. The van der Waals surface area contributed by atoms with Gasteiger partial charge in [-0.1, -0.05) is 12.1 Å². The molecule has 1 aliphatic rings. The zero-order valence-electron chi connectivity index (χ0n) is 13.9. The van der Waals surface area contributed by atoms with Crippen molar-refractivity contribution in [2.45, 2.75) is 19.2 Å². The van der Waals surface area contributed by atoms with E-state index in [1.54, 1.807) is 17.9 Å². The number of hydrogen-bond acceptors (Lipinski definition) is 5. The van der Waals surface area contributed by atoms with Crippen LogP contribution in [-0.4, -0.2) is 29.6 Å². The Labute approximate surface area is 147 Å². The molecule has 0 amide bonds. The van der Waals surface area contributed by atoms with Gasteiger partial charge in [-0.2, -0.15) is 13.2 Å². The standard InChI is InChI=1S/C17H16F3N3O3/c1-11-6-7-21-16(15(11)23(24)25)22-8-9-26-14(10-22)12-2-4-13(5-3-12)17(18,19)20/h2-7,14H,8-10H2,1H3. The lowest BCUT2D eigenvalue weighted by Gasteiger charge is -2.33. The molecule has 2 heterocycles. The molecule has 6 nitrogen and oxygen atoms in total. The fourth-order valence-corrected chi connectivity index (χ4v) is 2.92. The van der Waals surface area contributed by atoms with Crippen LogP contribution >= 0.6 is 0 Å². The molecule has 2 aromatic rings. The molecule has 0 saturated carbocycles. The summed E-state index contributed by atoms with van der Waals surface area (Å²) in [6.07, 6.45) is -3.39. The highest BCUT2D eigenvalue weighted by Crippen LogP contribution is 2.34. The van der Waals surface area contributed by atoms with Gasteiger partial charge in [-0.3, -0.25) is 10.1 Å². The van der Waals surface area contributed by atoms with Crippen molar-refractivity contribution in [3.63, 3.8) is 0 Å². The lowest BCUT2D eigenvalue weighted by molar-refractivity contribution is -0.384. The molecule has 0 radical (unpaired) electrons. The fraction of sp³-hybridized carbons (Fsp3) is 0.353. The first kappa shape index (κ1) is 18.1. The van der Waals surface area contributed by atoms with E-state index in [9.17, 15) is 23.3 Å². The van der Waals surface area contributed by atoms with E-state index in [1.807, 2.05) is 0 Å². The monoisotopic (exact) mass is 367 g/mol. The van der Waals surface area contributed by atoms with Crippen molar-refractivity contribution in [2.24, 2.45) is 0 Å². The minimum atomic E-state index is -4.40. The highest BCUT2D eigenvalue weighted by molar-refractivity contribution is 5.61. The van der Waals surface area contributed by atoms with Crippen molar-refractivity contribution in [1.82, 2.24) is 4.98 Å². The van der Waals surface area contributed by atoms with Crippen LogP contribution in [0, 0.1) is 17.0 Å². The second kappa shape index (κ2) is 6.91. The smallest absolute Gasteiger partial charge is 0.370 e. The molecule has 1 saturated heterocycles. The molecule has 0 bridgehead atoms. The molecule has 1 fully saturated rings. The van der Waals surface area contributed by atoms with Gasteiger partial charge in [0.25, 0.3) is 0 Å². The summed E-state index contributed by atoms with van der Waals surface area (Å²) in [6, 6.07) is 6.32. The lowest BCUT2D eigenvalue weighted by Crippen LogP contribution is -2.39. The highest BCUT2D eigenvalue weighted by atomic mass is 19.4. The van der Waals surface area contributed by atoms with Gasteiger partial charge in [0.2, 0.25) is 5.82 Å². The Balaban J connectivity index is 1.85. The topological polar surface area (TPSA) is 68.5 Å². The van der Waals surface area contributed by atoms with Crippen molar-refractivity contribution in [3.05, 3.63) is 63.3 Å². The molecular formula is C17H16F3N3O3. The summed E-state index contributed by atoms with van der Waals surface area (Å²) in [5.41, 5.74) is 0.279. The molecule has 1 atom stereocenters. The van der Waals surface area contributed by atoms with E-state index in [0.29, 0.717) is 24.3 Å². The van der Waals surface area contributed by atoms with Gasteiger partial charge in [0.1, 0.15) is 6.10 Å².